The molecule has 3 aromatic rings. The van der Waals surface area contributed by atoms with E-state index in [0.717, 1.165) is 96.2 Å². The van der Waals surface area contributed by atoms with E-state index in [0.29, 0.717) is 39.3 Å². The minimum Gasteiger partial charge on any atom is -0.492 e. The van der Waals surface area contributed by atoms with Crippen LogP contribution in [0.3, 0.4) is 0 Å². The van der Waals surface area contributed by atoms with Gasteiger partial charge in [-0.25, -0.2) is 0 Å². The van der Waals surface area contributed by atoms with Crippen LogP contribution in [-0.2, 0) is 25.5 Å². The molecule has 0 aliphatic heterocycles. The molecule has 2 aliphatic carbocycles. The Morgan fingerprint density at radius 3 is 1.61 bits per heavy atom. The number of hydrogen-bond acceptors (Lipinski definition) is 6. The molecule has 51 heavy (non-hydrogen) atoms. The third kappa shape index (κ3) is 12.7. The van der Waals surface area contributed by atoms with Gasteiger partial charge in [-0.2, -0.15) is 0 Å². The average Bonchev–Trinajstić information content (AvgIpc) is 3.16. The van der Waals surface area contributed by atoms with Crippen LogP contribution in [0.1, 0.15) is 147 Å². The standard InChI is InChI=1S/C45H64O6/c1-2-3-6-21-37-26-27-40-41(34-37)45(51-31-16-14-25-43(47)49-33-29-36-19-9-5-10-20-36)39-23-12-11-22-38(39)44(40)50-30-15-13-24-42(46)48-32-28-35-17-7-4-8-18-35/h11-12,22-23,26-27,34-36H,2-10,13-21,24-25,28-33H2,1H3. The van der Waals surface area contributed by atoms with Crippen LogP contribution in [-0.4, -0.2) is 38.4 Å². The van der Waals surface area contributed by atoms with Gasteiger partial charge in [-0.15, -0.1) is 0 Å². The number of ether oxygens (including phenoxy) is 4. The minimum atomic E-state index is -0.0923. The van der Waals surface area contributed by atoms with Gasteiger partial charge in [0.05, 0.1) is 26.4 Å². The van der Waals surface area contributed by atoms with Crippen LogP contribution < -0.4 is 9.47 Å². The Morgan fingerprint density at radius 2 is 1.08 bits per heavy atom. The number of benzene rings is 3. The predicted octanol–water partition coefficient (Wildman–Crippen LogP) is 11.9. The third-order valence-corrected chi connectivity index (χ3v) is 11.1. The zero-order valence-electron chi connectivity index (χ0n) is 31.5. The Kier molecular flexibility index (Phi) is 16.8. The van der Waals surface area contributed by atoms with Gasteiger partial charge in [0.2, 0.25) is 0 Å². The normalized spacial score (nSPS) is 15.6. The third-order valence-electron chi connectivity index (χ3n) is 11.1. The zero-order chi connectivity index (χ0) is 35.5. The second-order valence-corrected chi connectivity index (χ2v) is 15.2. The summed E-state index contributed by atoms with van der Waals surface area (Å²) in [6, 6.07) is 15.0. The second kappa shape index (κ2) is 21.9. The fraction of sp³-hybridized carbons (Fsp3) is 0.644. The van der Waals surface area contributed by atoms with Crippen molar-refractivity contribution in [3.05, 3.63) is 48.0 Å². The molecule has 0 atom stereocenters. The van der Waals surface area contributed by atoms with Gasteiger partial charge in [-0.05, 0) is 74.8 Å². The van der Waals surface area contributed by atoms with Gasteiger partial charge >= 0.3 is 11.9 Å². The van der Waals surface area contributed by atoms with Crippen molar-refractivity contribution in [2.45, 2.75) is 148 Å². The molecular formula is C45H64O6. The fourth-order valence-corrected chi connectivity index (χ4v) is 8.06. The van der Waals surface area contributed by atoms with Gasteiger partial charge in [0.15, 0.2) is 0 Å². The molecule has 0 N–H and O–H groups in total. The molecule has 2 saturated carbocycles. The lowest BCUT2D eigenvalue weighted by Crippen LogP contribution is -2.12. The molecule has 0 spiro atoms. The highest BCUT2D eigenvalue weighted by atomic mass is 16.5. The number of carbonyl (C=O) groups excluding carboxylic acids is 2. The Morgan fingerprint density at radius 1 is 0.569 bits per heavy atom. The second-order valence-electron chi connectivity index (χ2n) is 15.2. The first-order chi connectivity index (χ1) is 25.1. The Balaban J connectivity index is 1.16. The van der Waals surface area contributed by atoms with Gasteiger partial charge in [0.25, 0.3) is 0 Å². The summed E-state index contributed by atoms with van der Waals surface area (Å²) in [5, 5.41) is 4.18. The van der Waals surface area contributed by atoms with Crippen LogP contribution in [0.15, 0.2) is 42.5 Å². The highest BCUT2D eigenvalue weighted by molar-refractivity contribution is 6.11. The molecular weight excluding hydrogens is 636 g/mol. The molecule has 0 saturated heterocycles. The number of esters is 2. The van der Waals surface area contributed by atoms with Gasteiger partial charge in [-0.1, -0.05) is 120 Å². The molecule has 0 aromatic heterocycles. The lowest BCUT2D eigenvalue weighted by Gasteiger charge is -2.21. The summed E-state index contributed by atoms with van der Waals surface area (Å²) in [6.07, 6.45) is 23.6. The molecule has 3 aromatic carbocycles. The van der Waals surface area contributed by atoms with Gasteiger partial charge < -0.3 is 18.9 Å². The molecule has 0 unspecified atom stereocenters. The van der Waals surface area contributed by atoms with Crippen LogP contribution in [0.25, 0.3) is 21.5 Å². The van der Waals surface area contributed by atoms with E-state index in [1.165, 1.54) is 82.6 Å². The zero-order valence-corrected chi connectivity index (χ0v) is 31.5. The summed E-state index contributed by atoms with van der Waals surface area (Å²) in [4.78, 5) is 24.8. The summed E-state index contributed by atoms with van der Waals surface area (Å²) in [5.74, 6) is 3.03. The van der Waals surface area contributed by atoms with Crippen LogP contribution in [0.2, 0.25) is 0 Å². The SMILES string of the molecule is CCCCCc1ccc2c(OCCCCC(=O)OCCC3CCCCC3)c3ccccc3c(OCCCCC(=O)OCCC3CCCCC3)c2c1. The Hall–Kier alpha value is -3.28. The van der Waals surface area contributed by atoms with Crippen molar-refractivity contribution in [1.82, 2.24) is 0 Å². The molecule has 280 valence electrons. The number of rotatable bonds is 22. The van der Waals surface area contributed by atoms with E-state index in [2.05, 4.69) is 43.3 Å². The highest BCUT2D eigenvalue weighted by Gasteiger charge is 2.18. The monoisotopic (exact) mass is 700 g/mol. The molecule has 0 radical (unpaired) electrons. The largest absolute Gasteiger partial charge is 0.492 e. The van der Waals surface area contributed by atoms with Crippen molar-refractivity contribution in [2.24, 2.45) is 11.8 Å². The van der Waals surface area contributed by atoms with Gasteiger partial charge in [-0.3, -0.25) is 9.59 Å². The van der Waals surface area contributed by atoms with Crippen LogP contribution >= 0.6 is 0 Å². The summed E-state index contributed by atoms with van der Waals surface area (Å²) >= 11 is 0. The highest BCUT2D eigenvalue weighted by Crippen LogP contribution is 2.43. The first kappa shape index (κ1) is 38.9. The molecule has 2 aliphatic rings. The van der Waals surface area contributed by atoms with Gasteiger partial charge in [0.1, 0.15) is 11.5 Å². The van der Waals surface area contributed by atoms with E-state index < -0.39 is 0 Å². The van der Waals surface area contributed by atoms with Gasteiger partial charge in [0, 0.05) is 34.4 Å². The molecule has 2 fully saturated rings. The first-order valence-electron chi connectivity index (χ1n) is 20.7. The van der Waals surface area contributed by atoms with Crippen molar-refractivity contribution >= 4 is 33.5 Å². The maximum atomic E-state index is 12.4. The summed E-state index contributed by atoms with van der Waals surface area (Å²) < 4.78 is 24.3. The smallest absolute Gasteiger partial charge is 0.305 e. The van der Waals surface area contributed by atoms with Crippen molar-refractivity contribution < 1.29 is 28.5 Å². The number of carbonyl (C=O) groups is 2. The number of unbranched alkanes of at least 4 members (excludes halogenated alkanes) is 4. The van der Waals surface area contributed by atoms with Crippen molar-refractivity contribution in [1.29, 1.82) is 0 Å². The summed E-state index contributed by atoms with van der Waals surface area (Å²) in [5.41, 5.74) is 1.31. The molecule has 0 bridgehead atoms. The maximum Gasteiger partial charge on any atom is 0.305 e. The summed E-state index contributed by atoms with van der Waals surface area (Å²) in [6.45, 7) is 4.41. The van der Waals surface area contributed by atoms with Crippen LogP contribution in [0.5, 0.6) is 11.5 Å². The quantitative estimate of drug-likeness (QED) is 0.0590. The molecule has 6 nitrogen and oxygen atoms in total. The van der Waals surface area contributed by atoms with Crippen LogP contribution in [0.4, 0.5) is 0 Å². The van der Waals surface area contributed by atoms with E-state index in [9.17, 15) is 9.59 Å². The van der Waals surface area contributed by atoms with Crippen LogP contribution in [0, 0.1) is 11.8 Å². The van der Waals surface area contributed by atoms with Crippen molar-refractivity contribution in [2.75, 3.05) is 26.4 Å². The number of aryl methyl sites for hydroxylation is 1. The number of hydrogen-bond donors (Lipinski definition) is 0. The average molecular weight is 701 g/mol. The van der Waals surface area contributed by atoms with E-state index in [1.54, 1.807) is 0 Å². The van der Waals surface area contributed by atoms with E-state index in [4.69, 9.17) is 18.9 Å². The minimum absolute atomic E-state index is 0.0912. The van der Waals surface area contributed by atoms with E-state index in [1.807, 2.05) is 6.07 Å². The number of fused-ring (bicyclic) bond motifs is 2. The maximum absolute atomic E-state index is 12.4. The Labute approximate surface area is 307 Å². The van der Waals surface area contributed by atoms with Crippen molar-refractivity contribution in [3.8, 4) is 11.5 Å². The Bertz CT molecular complexity index is 1490. The topological polar surface area (TPSA) is 71.1 Å². The lowest BCUT2D eigenvalue weighted by atomic mass is 9.87. The fourth-order valence-electron chi connectivity index (χ4n) is 8.06. The van der Waals surface area contributed by atoms with E-state index in [-0.39, 0.29) is 11.9 Å². The lowest BCUT2D eigenvalue weighted by molar-refractivity contribution is -0.145. The molecule has 0 heterocycles. The van der Waals surface area contributed by atoms with Crippen molar-refractivity contribution in [3.63, 3.8) is 0 Å². The predicted molar refractivity (Wildman–Crippen MR) is 208 cm³/mol. The molecule has 5 rings (SSSR count). The molecule has 6 heteroatoms. The summed E-state index contributed by atoms with van der Waals surface area (Å²) in [7, 11) is 0. The van der Waals surface area contributed by atoms with E-state index >= 15 is 0 Å². The first-order valence-corrected chi connectivity index (χ1v) is 20.7. The molecule has 0 amide bonds.